The van der Waals surface area contributed by atoms with Crippen LogP contribution in [0.1, 0.15) is 20.3 Å². The molecule has 126 valence electrons. The van der Waals surface area contributed by atoms with Crippen molar-refractivity contribution >= 4 is 28.7 Å². The molecule has 10 nitrogen and oxygen atoms in total. The lowest BCUT2D eigenvalue weighted by atomic mass is 10.2. The van der Waals surface area contributed by atoms with E-state index < -0.39 is 9.85 Å². The van der Waals surface area contributed by atoms with Crippen molar-refractivity contribution in [3.63, 3.8) is 0 Å². The topological polar surface area (TPSA) is 136 Å². The van der Waals surface area contributed by atoms with E-state index in [9.17, 15) is 20.2 Å². The predicted molar refractivity (Wildman–Crippen MR) is 88.4 cm³/mol. The highest BCUT2D eigenvalue weighted by atomic mass is 16.6. The standard InChI is InChI=1S/C14H16N6O4/c1-3-9(2)17-13-12(20(23)24)14(16-8-15-13)18-10-5-4-6-11(7-10)19(21)22/h4-9H,3H2,1-2H3,(H2,15,16,17,18). The maximum Gasteiger partial charge on any atom is 0.353 e. The van der Waals surface area contributed by atoms with E-state index in [1.165, 1.54) is 24.5 Å². The zero-order chi connectivity index (χ0) is 17.7. The average molecular weight is 332 g/mol. The number of nitrogens with one attached hydrogen (secondary N) is 2. The van der Waals surface area contributed by atoms with Crippen LogP contribution in [0.3, 0.4) is 0 Å². The molecule has 1 aromatic heterocycles. The highest BCUT2D eigenvalue weighted by molar-refractivity contribution is 5.74. The fraction of sp³-hybridized carbons (Fsp3) is 0.286. The Kier molecular flexibility index (Phi) is 5.20. The quantitative estimate of drug-likeness (QED) is 0.582. The number of anilines is 3. The highest BCUT2D eigenvalue weighted by Crippen LogP contribution is 2.32. The van der Waals surface area contributed by atoms with E-state index in [0.29, 0.717) is 5.69 Å². The van der Waals surface area contributed by atoms with Crippen molar-refractivity contribution in [2.45, 2.75) is 26.3 Å². The SMILES string of the molecule is CCC(C)Nc1ncnc(Nc2cccc([N+](=O)[O-])c2)c1[N+](=O)[O-]. The summed E-state index contributed by atoms with van der Waals surface area (Å²) in [6.07, 6.45) is 1.95. The van der Waals surface area contributed by atoms with Crippen LogP contribution >= 0.6 is 0 Å². The Morgan fingerprint density at radius 3 is 2.50 bits per heavy atom. The Morgan fingerprint density at radius 2 is 1.88 bits per heavy atom. The largest absolute Gasteiger partial charge is 0.362 e. The van der Waals surface area contributed by atoms with Crippen molar-refractivity contribution < 1.29 is 9.85 Å². The van der Waals surface area contributed by atoms with Gasteiger partial charge in [-0.25, -0.2) is 9.97 Å². The lowest BCUT2D eigenvalue weighted by Crippen LogP contribution is -2.16. The van der Waals surface area contributed by atoms with Gasteiger partial charge >= 0.3 is 5.69 Å². The first-order valence-corrected chi connectivity index (χ1v) is 7.19. The number of benzene rings is 1. The van der Waals surface area contributed by atoms with Gasteiger partial charge in [0, 0.05) is 23.9 Å². The van der Waals surface area contributed by atoms with Crippen LogP contribution in [0, 0.1) is 20.2 Å². The molecule has 24 heavy (non-hydrogen) atoms. The number of hydrogen-bond acceptors (Lipinski definition) is 8. The van der Waals surface area contributed by atoms with E-state index >= 15 is 0 Å². The van der Waals surface area contributed by atoms with E-state index in [1.807, 2.05) is 13.8 Å². The number of rotatable bonds is 7. The second-order valence-electron chi connectivity index (χ2n) is 5.06. The summed E-state index contributed by atoms with van der Waals surface area (Å²) >= 11 is 0. The number of aromatic nitrogens is 2. The molecule has 0 spiro atoms. The van der Waals surface area contributed by atoms with Crippen molar-refractivity contribution in [3.8, 4) is 0 Å². The molecule has 0 fully saturated rings. The fourth-order valence-corrected chi connectivity index (χ4v) is 1.92. The molecule has 0 radical (unpaired) electrons. The molecule has 2 N–H and O–H groups in total. The Bertz CT molecular complexity index is 767. The fourth-order valence-electron chi connectivity index (χ4n) is 1.92. The Labute approximate surface area is 137 Å². The van der Waals surface area contributed by atoms with Crippen LogP contribution in [0.2, 0.25) is 0 Å². The smallest absolute Gasteiger partial charge is 0.353 e. The second-order valence-corrected chi connectivity index (χ2v) is 5.06. The molecule has 0 saturated heterocycles. The molecule has 10 heteroatoms. The van der Waals surface area contributed by atoms with Gasteiger partial charge in [0.1, 0.15) is 6.33 Å². The Hall–Kier alpha value is -3.30. The zero-order valence-electron chi connectivity index (χ0n) is 13.1. The van der Waals surface area contributed by atoms with Gasteiger partial charge in [-0.2, -0.15) is 0 Å². The summed E-state index contributed by atoms with van der Waals surface area (Å²) in [5, 5.41) is 27.9. The third kappa shape index (κ3) is 3.91. The number of nitrogens with zero attached hydrogens (tertiary/aromatic N) is 4. The average Bonchev–Trinajstić information content (AvgIpc) is 2.54. The molecule has 0 saturated carbocycles. The molecule has 1 aromatic carbocycles. The van der Waals surface area contributed by atoms with Crippen molar-refractivity contribution in [2.75, 3.05) is 10.6 Å². The van der Waals surface area contributed by atoms with E-state index in [-0.39, 0.29) is 29.1 Å². The molecule has 2 rings (SSSR count). The number of non-ortho nitro benzene ring substituents is 1. The van der Waals surface area contributed by atoms with Crippen molar-refractivity contribution in [1.29, 1.82) is 0 Å². The maximum atomic E-state index is 11.4. The molecule has 0 bridgehead atoms. The second kappa shape index (κ2) is 7.31. The monoisotopic (exact) mass is 332 g/mol. The van der Waals surface area contributed by atoms with Crippen molar-refractivity contribution in [1.82, 2.24) is 9.97 Å². The first-order valence-electron chi connectivity index (χ1n) is 7.19. The van der Waals surface area contributed by atoms with Crippen molar-refractivity contribution in [3.05, 3.63) is 50.8 Å². The Balaban J connectivity index is 2.39. The van der Waals surface area contributed by atoms with Crippen LogP contribution in [-0.2, 0) is 0 Å². The minimum absolute atomic E-state index is 0.00994. The summed E-state index contributed by atoms with van der Waals surface area (Å²) in [7, 11) is 0. The third-order valence-corrected chi connectivity index (χ3v) is 3.32. The van der Waals surface area contributed by atoms with Gasteiger partial charge in [0.25, 0.3) is 5.69 Å². The van der Waals surface area contributed by atoms with Crippen LogP contribution in [0.5, 0.6) is 0 Å². The predicted octanol–water partition coefficient (Wildman–Crippen LogP) is 3.25. The normalized spacial score (nSPS) is 11.6. The van der Waals surface area contributed by atoms with Gasteiger partial charge in [-0.1, -0.05) is 13.0 Å². The van der Waals surface area contributed by atoms with Gasteiger partial charge in [-0.15, -0.1) is 0 Å². The zero-order valence-corrected chi connectivity index (χ0v) is 13.1. The van der Waals surface area contributed by atoms with Gasteiger partial charge in [-0.05, 0) is 19.4 Å². The molecule has 2 aromatic rings. The van der Waals surface area contributed by atoms with E-state index in [2.05, 4.69) is 20.6 Å². The number of nitro benzene ring substituents is 1. The lowest BCUT2D eigenvalue weighted by molar-refractivity contribution is -0.384. The molecule has 0 aliphatic carbocycles. The molecule has 0 aliphatic heterocycles. The van der Waals surface area contributed by atoms with Crippen LogP contribution in [0.4, 0.5) is 28.7 Å². The van der Waals surface area contributed by atoms with E-state index in [4.69, 9.17) is 0 Å². The van der Waals surface area contributed by atoms with E-state index in [0.717, 1.165) is 6.42 Å². The van der Waals surface area contributed by atoms with E-state index in [1.54, 1.807) is 6.07 Å². The first-order chi connectivity index (χ1) is 11.4. The molecule has 1 heterocycles. The Morgan fingerprint density at radius 1 is 1.17 bits per heavy atom. The van der Waals surface area contributed by atoms with Crippen molar-refractivity contribution in [2.24, 2.45) is 0 Å². The summed E-state index contributed by atoms with van der Waals surface area (Å²) in [6.45, 7) is 3.81. The number of hydrogen-bond donors (Lipinski definition) is 2. The summed E-state index contributed by atoms with van der Waals surface area (Å²) < 4.78 is 0. The maximum absolute atomic E-state index is 11.4. The third-order valence-electron chi connectivity index (χ3n) is 3.32. The molecule has 1 unspecified atom stereocenters. The summed E-state index contributed by atoms with van der Waals surface area (Å²) in [4.78, 5) is 28.9. The van der Waals surface area contributed by atoms with Crippen LogP contribution in [0.25, 0.3) is 0 Å². The van der Waals surface area contributed by atoms with Crippen LogP contribution in [-0.4, -0.2) is 25.9 Å². The molecule has 0 amide bonds. The van der Waals surface area contributed by atoms with Gasteiger partial charge in [0.2, 0.25) is 11.6 Å². The van der Waals surface area contributed by atoms with Crippen LogP contribution in [0.15, 0.2) is 30.6 Å². The van der Waals surface area contributed by atoms with Crippen LogP contribution < -0.4 is 10.6 Å². The minimum atomic E-state index is -0.593. The van der Waals surface area contributed by atoms with Gasteiger partial charge < -0.3 is 10.6 Å². The lowest BCUT2D eigenvalue weighted by Gasteiger charge is -2.13. The molecule has 0 aliphatic rings. The first kappa shape index (κ1) is 17.1. The molecular formula is C14H16N6O4. The van der Waals surface area contributed by atoms with Gasteiger partial charge in [0.05, 0.1) is 9.85 Å². The van der Waals surface area contributed by atoms with Gasteiger partial charge in [0.15, 0.2) is 0 Å². The highest BCUT2D eigenvalue weighted by Gasteiger charge is 2.24. The summed E-state index contributed by atoms with van der Waals surface area (Å²) in [6, 6.07) is 5.62. The number of nitro groups is 2. The summed E-state index contributed by atoms with van der Waals surface area (Å²) in [5.41, 5.74) is -0.126. The minimum Gasteiger partial charge on any atom is -0.362 e. The molecular weight excluding hydrogens is 316 g/mol. The van der Waals surface area contributed by atoms with Gasteiger partial charge in [-0.3, -0.25) is 20.2 Å². The molecule has 1 atom stereocenters. The summed E-state index contributed by atoms with van der Waals surface area (Å²) in [5.74, 6) is 0.0542.